The third-order valence-corrected chi connectivity index (χ3v) is 2.79. The first-order chi connectivity index (χ1) is 10.9. The molecule has 0 amide bonds. The van der Waals surface area contributed by atoms with Gasteiger partial charge in [0.05, 0.1) is 7.11 Å². The number of nitrogens with zero attached hydrogens (tertiary/aromatic N) is 3. The number of rotatable bonds is 6. The van der Waals surface area contributed by atoms with Gasteiger partial charge >= 0.3 is 12.4 Å². The molecule has 6 nitrogen and oxygen atoms in total. The molecule has 1 N–H and O–H groups in total. The minimum atomic E-state index is -4.69. The average molecular weight is 349 g/mol. The minimum Gasteiger partial charge on any atom is -0.467 e. The zero-order valence-corrected chi connectivity index (χ0v) is 12.6. The lowest BCUT2D eigenvalue weighted by Crippen LogP contribution is -2.17. The second-order valence-corrected chi connectivity index (χ2v) is 4.62. The second-order valence-electron chi connectivity index (χ2n) is 4.28. The standard InChI is InChI=1S/C13H12ClF3N4O2/c1-22-12-20-10(14)19-11(21-12)18-7-6-8-2-4-9(5-3-8)23-13(15,16)17/h2-5H,6-7H2,1H3,(H,18,19,20,21). The zero-order chi connectivity index (χ0) is 16.9. The fourth-order valence-electron chi connectivity index (χ4n) is 1.68. The summed E-state index contributed by atoms with van der Waals surface area (Å²) < 4.78 is 44.8. The van der Waals surface area contributed by atoms with Crippen molar-refractivity contribution in [3.63, 3.8) is 0 Å². The fraction of sp³-hybridized carbons (Fsp3) is 0.308. The molecule has 23 heavy (non-hydrogen) atoms. The van der Waals surface area contributed by atoms with E-state index in [0.29, 0.717) is 13.0 Å². The van der Waals surface area contributed by atoms with Crippen LogP contribution in [0.3, 0.4) is 0 Å². The van der Waals surface area contributed by atoms with Crippen LogP contribution in [0, 0.1) is 0 Å². The van der Waals surface area contributed by atoms with E-state index < -0.39 is 6.36 Å². The molecule has 1 aromatic carbocycles. The Bertz CT molecular complexity index is 653. The summed E-state index contributed by atoms with van der Waals surface area (Å²) in [5, 5.41) is 2.92. The summed E-state index contributed by atoms with van der Waals surface area (Å²) in [5.74, 6) is -0.0120. The molecule has 0 aliphatic heterocycles. The predicted octanol–water partition coefficient (Wildman–Crippen LogP) is 3.09. The Hall–Kier alpha value is -2.29. The third kappa shape index (κ3) is 5.78. The van der Waals surface area contributed by atoms with Gasteiger partial charge in [-0.2, -0.15) is 15.0 Å². The summed E-state index contributed by atoms with van der Waals surface area (Å²) >= 11 is 5.71. The number of hydrogen-bond acceptors (Lipinski definition) is 6. The summed E-state index contributed by atoms with van der Waals surface area (Å²) in [6.07, 6.45) is -4.15. The van der Waals surface area contributed by atoms with Crippen molar-refractivity contribution < 1.29 is 22.6 Å². The Kier molecular flexibility index (Phi) is 5.43. The van der Waals surface area contributed by atoms with Crippen molar-refractivity contribution in [1.29, 1.82) is 0 Å². The van der Waals surface area contributed by atoms with Crippen LogP contribution < -0.4 is 14.8 Å². The number of ether oxygens (including phenoxy) is 2. The summed E-state index contributed by atoms with van der Waals surface area (Å²) in [4.78, 5) is 11.6. The molecule has 1 heterocycles. The smallest absolute Gasteiger partial charge is 0.467 e. The Morgan fingerprint density at radius 1 is 1.13 bits per heavy atom. The van der Waals surface area contributed by atoms with Crippen LogP contribution in [0.15, 0.2) is 24.3 Å². The highest BCUT2D eigenvalue weighted by Gasteiger charge is 2.30. The van der Waals surface area contributed by atoms with E-state index in [9.17, 15) is 13.2 Å². The maximum atomic E-state index is 12.1. The highest BCUT2D eigenvalue weighted by molar-refractivity contribution is 6.28. The van der Waals surface area contributed by atoms with Gasteiger partial charge in [-0.15, -0.1) is 13.2 Å². The highest BCUT2D eigenvalue weighted by atomic mass is 35.5. The Balaban J connectivity index is 1.88. The van der Waals surface area contributed by atoms with Crippen molar-refractivity contribution in [2.45, 2.75) is 12.8 Å². The normalized spacial score (nSPS) is 11.2. The van der Waals surface area contributed by atoms with E-state index in [1.54, 1.807) is 12.1 Å². The van der Waals surface area contributed by atoms with Crippen LogP contribution in [0.4, 0.5) is 19.1 Å². The van der Waals surface area contributed by atoms with Crippen molar-refractivity contribution in [1.82, 2.24) is 15.0 Å². The monoisotopic (exact) mass is 348 g/mol. The van der Waals surface area contributed by atoms with Crippen LogP contribution in [0.25, 0.3) is 0 Å². The van der Waals surface area contributed by atoms with Crippen molar-refractivity contribution >= 4 is 17.5 Å². The van der Waals surface area contributed by atoms with Crippen molar-refractivity contribution in [3.05, 3.63) is 35.1 Å². The fourth-order valence-corrected chi connectivity index (χ4v) is 1.83. The molecule has 2 aromatic rings. The van der Waals surface area contributed by atoms with Gasteiger partial charge in [0, 0.05) is 6.54 Å². The topological polar surface area (TPSA) is 69.2 Å². The first kappa shape index (κ1) is 17.1. The summed E-state index contributed by atoms with van der Waals surface area (Å²) in [6.45, 7) is 0.447. The maximum absolute atomic E-state index is 12.1. The maximum Gasteiger partial charge on any atom is 0.573 e. The molecular weight excluding hydrogens is 337 g/mol. The van der Waals surface area contributed by atoms with Gasteiger partial charge in [0.2, 0.25) is 11.2 Å². The van der Waals surface area contributed by atoms with E-state index in [-0.39, 0.29) is 23.0 Å². The number of halogens is 4. The van der Waals surface area contributed by atoms with Gasteiger partial charge in [-0.25, -0.2) is 0 Å². The van der Waals surface area contributed by atoms with Crippen LogP contribution >= 0.6 is 11.6 Å². The molecule has 0 unspecified atom stereocenters. The molecular formula is C13H12ClF3N4O2. The zero-order valence-electron chi connectivity index (χ0n) is 11.9. The molecule has 0 aliphatic rings. The first-order valence-electron chi connectivity index (χ1n) is 6.40. The van der Waals surface area contributed by atoms with Gasteiger partial charge < -0.3 is 14.8 Å². The third-order valence-electron chi connectivity index (χ3n) is 2.62. The molecule has 0 spiro atoms. The molecule has 2 rings (SSSR count). The lowest BCUT2D eigenvalue weighted by atomic mass is 10.1. The molecule has 0 radical (unpaired) electrons. The molecule has 0 saturated heterocycles. The number of nitrogens with one attached hydrogen (secondary N) is 1. The molecule has 0 fully saturated rings. The van der Waals surface area contributed by atoms with Crippen LogP contribution in [-0.2, 0) is 6.42 Å². The summed E-state index contributed by atoms with van der Waals surface area (Å²) in [7, 11) is 1.40. The molecule has 1 aromatic heterocycles. The summed E-state index contributed by atoms with van der Waals surface area (Å²) in [6, 6.07) is 5.69. The number of alkyl halides is 3. The van der Waals surface area contributed by atoms with Crippen LogP contribution in [0.2, 0.25) is 5.28 Å². The van der Waals surface area contributed by atoms with E-state index in [1.807, 2.05) is 0 Å². The molecule has 0 bridgehead atoms. The van der Waals surface area contributed by atoms with E-state index in [1.165, 1.54) is 19.2 Å². The van der Waals surface area contributed by atoms with Gasteiger partial charge in [0.1, 0.15) is 5.75 Å². The number of methoxy groups -OCH3 is 1. The predicted molar refractivity (Wildman–Crippen MR) is 76.7 cm³/mol. The minimum absolute atomic E-state index is 0.00648. The summed E-state index contributed by atoms with van der Waals surface area (Å²) in [5.41, 5.74) is 0.819. The van der Waals surface area contributed by atoms with Gasteiger partial charge in [-0.3, -0.25) is 0 Å². The largest absolute Gasteiger partial charge is 0.573 e. The first-order valence-corrected chi connectivity index (χ1v) is 6.77. The van der Waals surface area contributed by atoms with Crippen LogP contribution in [0.1, 0.15) is 5.56 Å². The second kappa shape index (κ2) is 7.32. The molecule has 0 aliphatic carbocycles. The molecule has 10 heteroatoms. The lowest BCUT2D eigenvalue weighted by molar-refractivity contribution is -0.274. The quantitative estimate of drug-likeness (QED) is 0.865. The molecule has 124 valence electrons. The van der Waals surface area contributed by atoms with Gasteiger partial charge in [-0.05, 0) is 35.7 Å². The number of aromatic nitrogens is 3. The Morgan fingerprint density at radius 3 is 2.43 bits per heavy atom. The van der Waals surface area contributed by atoms with Crippen LogP contribution in [0.5, 0.6) is 11.8 Å². The van der Waals surface area contributed by atoms with E-state index >= 15 is 0 Å². The lowest BCUT2D eigenvalue weighted by Gasteiger charge is -2.09. The van der Waals surface area contributed by atoms with Gasteiger partial charge in [-0.1, -0.05) is 12.1 Å². The van der Waals surface area contributed by atoms with Gasteiger partial charge in [0.15, 0.2) is 0 Å². The highest BCUT2D eigenvalue weighted by Crippen LogP contribution is 2.22. The van der Waals surface area contributed by atoms with E-state index in [4.69, 9.17) is 16.3 Å². The number of benzene rings is 1. The molecule has 0 saturated carbocycles. The van der Waals surface area contributed by atoms with E-state index in [2.05, 4.69) is 25.0 Å². The van der Waals surface area contributed by atoms with Crippen molar-refractivity contribution in [2.24, 2.45) is 0 Å². The van der Waals surface area contributed by atoms with E-state index in [0.717, 1.165) is 5.56 Å². The number of anilines is 1. The SMILES string of the molecule is COc1nc(Cl)nc(NCCc2ccc(OC(F)(F)F)cc2)n1. The molecule has 0 atom stereocenters. The van der Waals surface area contributed by atoms with Crippen LogP contribution in [-0.4, -0.2) is 35.0 Å². The number of hydrogen-bond donors (Lipinski definition) is 1. The Labute approximate surface area is 134 Å². The van der Waals surface area contributed by atoms with Crippen molar-refractivity contribution in [2.75, 3.05) is 19.0 Å². The van der Waals surface area contributed by atoms with Crippen molar-refractivity contribution in [3.8, 4) is 11.8 Å². The average Bonchev–Trinajstić information content (AvgIpc) is 2.47. The van der Waals surface area contributed by atoms with Gasteiger partial charge in [0.25, 0.3) is 0 Å². The Morgan fingerprint density at radius 2 is 1.83 bits per heavy atom.